The molecular formula is C22H24N8S. The minimum absolute atomic E-state index is 0.274. The Morgan fingerprint density at radius 3 is 2.77 bits per heavy atom. The predicted octanol–water partition coefficient (Wildman–Crippen LogP) is 2.79. The maximum Gasteiger partial charge on any atom is 0.144 e. The molecule has 3 heterocycles. The van der Waals surface area contributed by atoms with Crippen LogP contribution in [0.25, 0.3) is 27.6 Å². The van der Waals surface area contributed by atoms with Gasteiger partial charge < -0.3 is 16.8 Å². The van der Waals surface area contributed by atoms with Crippen LogP contribution in [0.15, 0.2) is 53.7 Å². The zero-order valence-corrected chi connectivity index (χ0v) is 18.0. The lowest BCUT2D eigenvalue weighted by molar-refractivity contribution is 0.692. The normalized spacial score (nSPS) is 11.9. The third kappa shape index (κ3) is 4.24. The van der Waals surface area contributed by atoms with Crippen LogP contribution < -0.4 is 16.8 Å². The van der Waals surface area contributed by atoms with Crippen molar-refractivity contribution in [2.24, 2.45) is 16.5 Å². The van der Waals surface area contributed by atoms with Crippen molar-refractivity contribution in [2.75, 3.05) is 13.1 Å². The van der Waals surface area contributed by atoms with Crippen molar-refractivity contribution in [3.63, 3.8) is 0 Å². The third-order valence-electron chi connectivity index (χ3n) is 4.82. The van der Waals surface area contributed by atoms with Crippen LogP contribution in [0.3, 0.4) is 0 Å². The van der Waals surface area contributed by atoms with Gasteiger partial charge in [0.25, 0.3) is 0 Å². The second kappa shape index (κ2) is 9.17. The lowest BCUT2D eigenvalue weighted by Gasteiger charge is -2.05. The van der Waals surface area contributed by atoms with Gasteiger partial charge in [0.05, 0.1) is 16.3 Å². The summed E-state index contributed by atoms with van der Waals surface area (Å²) in [6.07, 6.45) is 3.02. The number of rotatable bonds is 8. The number of amidine groups is 1. The van der Waals surface area contributed by atoms with E-state index in [0.29, 0.717) is 6.54 Å². The highest BCUT2D eigenvalue weighted by molar-refractivity contribution is 7.17. The maximum absolute atomic E-state index is 7.30. The minimum Gasteiger partial charge on any atom is -0.382 e. The Bertz CT molecular complexity index is 1240. The lowest BCUT2D eigenvalue weighted by atomic mass is 10.1. The number of thiazole rings is 1. The fourth-order valence-corrected chi connectivity index (χ4v) is 4.51. The highest BCUT2D eigenvalue weighted by Crippen LogP contribution is 2.35. The number of aliphatic imine (C=N–C) groups is 1. The van der Waals surface area contributed by atoms with Gasteiger partial charge in [-0.2, -0.15) is 0 Å². The Morgan fingerprint density at radius 2 is 2.03 bits per heavy atom. The van der Waals surface area contributed by atoms with Gasteiger partial charge in [-0.15, -0.1) is 11.3 Å². The standard InChI is InChI=1S/C22H24N8S/c1-14-19(30-12-15(11-26-10-9-23)7-8-17(30)28-14)22-29-18(16-5-3-2-4-6-16)20(31-22)21(25)27-13-24/h2-8,12-13,26H,9-11,23H2,1H3,(H3,24,25,27). The number of aromatic nitrogens is 3. The lowest BCUT2D eigenvalue weighted by Crippen LogP contribution is -2.21. The molecule has 0 fully saturated rings. The molecule has 0 radical (unpaired) electrons. The van der Waals surface area contributed by atoms with Gasteiger partial charge >= 0.3 is 0 Å². The molecule has 0 saturated heterocycles. The van der Waals surface area contributed by atoms with E-state index in [2.05, 4.69) is 27.0 Å². The predicted molar refractivity (Wildman–Crippen MR) is 127 cm³/mol. The Labute approximate surface area is 184 Å². The molecule has 4 aromatic rings. The van der Waals surface area contributed by atoms with Crippen LogP contribution >= 0.6 is 11.3 Å². The molecule has 0 amide bonds. The summed E-state index contributed by atoms with van der Waals surface area (Å²) < 4.78 is 2.07. The highest BCUT2D eigenvalue weighted by atomic mass is 32.1. The van der Waals surface area contributed by atoms with Gasteiger partial charge in [-0.25, -0.2) is 15.0 Å². The largest absolute Gasteiger partial charge is 0.382 e. The fraction of sp³-hybridized carbons (Fsp3) is 0.182. The summed E-state index contributed by atoms with van der Waals surface area (Å²) in [5.74, 6) is 0.274. The molecule has 0 unspecified atom stereocenters. The van der Waals surface area contributed by atoms with Gasteiger partial charge in [0.2, 0.25) is 0 Å². The van der Waals surface area contributed by atoms with Crippen molar-refractivity contribution in [2.45, 2.75) is 13.5 Å². The van der Waals surface area contributed by atoms with Crippen molar-refractivity contribution in [3.8, 4) is 22.0 Å². The fourth-order valence-electron chi connectivity index (χ4n) is 3.42. The second-order valence-electron chi connectivity index (χ2n) is 6.98. The molecule has 0 saturated carbocycles. The van der Waals surface area contributed by atoms with Crippen LogP contribution in [0.5, 0.6) is 0 Å². The third-order valence-corrected chi connectivity index (χ3v) is 5.90. The maximum atomic E-state index is 7.30. The van der Waals surface area contributed by atoms with E-state index in [0.717, 1.165) is 63.2 Å². The number of hydrogen-bond acceptors (Lipinski definition) is 6. The summed E-state index contributed by atoms with van der Waals surface area (Å²) in [5.41, 5.74) is 17.2. The van der Waals surface area contributed by atoms with Crippen molar-refractivity contribution in [3.05, 3.63) is 64.8 Å². The first kappa shape index (κ1) is 20.9. The monoisotopic (exact) mass is 432 g/mol. The van der Waals surface area contributed by atoms with Gasteiger partial charge in [0.15, 0.2) is 0 Å². The molecule has 8 nitrogen and oxygen atoms in total. The van der Waals surface area contributed by atoms with Gasteiger partial charge in [-0.1, -0.05) is 36.4 Å². The molecule has 0 aliphatic rings. The van der Waals surface area contributed by atoms with Crippen LogP contribution in [-0.4, -0.2) is 39.6 Å². The first-order chi connectivity index (χ1) is 15.1. The molecule has 1 aromatic carbocycles. The molecular weight excluding hydrogens is 408 g/mol. The Hall–Kier alpha value is -3.40. The van der Waals surface area contributed by atoms with E-state index in [-0.39, 0.29) is 5.84 Å². The van der Waals surface area contributed by atoms with E-state index in [1.54, 1.807) is 0 Å². The molecule has 0 bridgehead atoms. The van der Waals surface area contributed by atoms with Gasteiger partial charge in [0.1, 0.15) is 28.5 Å². The second-order valence-corrected chi connectivity index (χ2v) is 7.98. The number of fused-ring (bicyclic) bond motifs is 1. The molecule has 158 valence electrons. The van der Waals surface area contributed by atoms with Crippen LogP contribution in [0.4, 0.5) is 0 Å². The number of nitrogens with one attached hydrogen (secondary N) is 2. The Kier molecular flexibility index (Phi) is 6.17. The summed E-state index contributed by atoms with van der Waals surface area (Å²) in [4.78, 5) is 14.4. The van der Waals surface area contributed by atoms with E-state index in [1.807, 2.05) is 43.3 Å². The Balaban J connectivity index is 1.85. The molecule has 31 heavy (non-hydrogen) atoms. The highest BCUT2D eigenvalue weighted by Gasteiger charge is 2.21. The summed E-state index contributed by atoms with van der Waals surface area (Å²) >= 11 is 1.45. The quantitative estimate of drug-likeness (QED) is 0.193. The number of imidazole rings is 1. The van der Waals surface area contributed by atoms with E-state index in [9.17, 15) is 0 Å². The molecule has 6 N–H and O–H groups in total. The average Bonchev–Trinajstić information content (AvgIpc) is 3.35. The SMILES string of the molecule is Cc1nc2ccc(CNCCN)cn2c1-c1nc(-c2ccccc2)c(C(N)=NC=N)s1. The first-order valence-electron chi connectivity index (χ1n) is 9.90. The number of aryl methyl sites for hydroxylation is 1. The number of nitrogens with zero attached hydrogens (tertiary/aromatic N) is 4. The summed E-state index contributed by atoms with van der Waals surface area (Å²) in [6.45, 7) is 4.06. The van der Waals surface area contributed by atoms with Gasteiger partial charge in [-0.3, -0.25) is 9.81 Å². The summed E-state index contributed by atoms with van der Waals surface area (Å²) in [7, 11) is 0. The summed E-state index contributed by atoms with van der Waals surface area (Å²) in [6, 6.07) is 13.9. The number of pyridine rings is 1. The van der Waals surface area contributed by atoms with Gasteiger partial charge in [0, 0.05) is 31.4 Å². The van der Waals surface area contributed by atoms with Crippen molar-refractivity contribution in [1.29, 1.82) is 5.41 Å². The molecule has 0 aliphatic heterocycles. The molecule has 4 rings (SSSR count). The molecule has 3 aromatic heterocycles. The van der Waals surface area contributed by atoms with E-state index >= 15 is 0 Å². The number of hydrogen-bond donors (Lipinski definition) is 4. The van der Waals surface area contributed by atoms with E-state index < -0.39 is 0 Å². The minimum atomic E-state index is 0.274. The van der Waals surface area contributed by atoms with Crippen LogP contribution in [0, 0.1) is 12.3 Å². The molecule has 0 atom stereocenters. The van der Waals surface area contributed by atoms with Crippen molar-refractivity contribution < 1.29 is 0 Å². The topological polar surface area (TPSA) is 130 Å². The number of nitrogens with two attached hydrogens (primary N) is 2. The zero-order chi connectivity index (χ0) is 21.8. The van der Waals surface area contributed by atoms with Crippen molar-refractivity contribution in [1.82, 2.24) is 19.7 Å². The zero-order valence-electron chi connectivity index (χ0n) is 17.2. The van der Waals surface area contributed by atoms with Crippen LogP contribution in [-0.2, 0) is 6.54 Å². The first-order valence-corrected chi connectivity index (χ1v) is 10.7. The van der Waals surface area contributed by atoms with E-state index in [1.165, 1.54) is 11.3 Å². The van der Waals surface area contributed by atoms with Crippen LogP contribution in [0.1, 0.15) is 16.1 Å². The average molecular weight is 433 g/mol. The van der Waals surface area contributed by atoms with Crippen LogP contribution in [0.2, 0.25) is 0 Å². The molecule has 9 heteroatoms. The van der Waals surface area contributed by atoms with E-state index in [4.69, 9.17) is 26.8 Å². The molecule has 0 spiro atoms. The Morgan fingerprint density at radius 1 is 1.23 bits per heavy atom. The smallest absolute Gasteiger partial charge is 0.144 e. The summed E-state index contributed by atoms with van der Waals surface area (Å²) in [5, 5.41) is 11.4. The number of benzene rings is 1. The van der Waals surface area contributed by atoms with Crippen molar-refractivity contribution >= 4 is 29.2 Å². The van der Waals surface area contributed by atoms with Gasteiger partial charge in [-0.05, 0) is 18.6 Å². The molecule has 0 aliphatic carbocycles.